The van der Waals surface area contributed by atoms with Crippen molar-refractivity contribution in [3.63, 3.8) is 0 Å². The zero-order chi connectivity index (χ0) is 22.6. The van der Waals surface area contributed by atoms with E-state index >= 15 is 0 Å². The summed E-state index contributed by atoms with van der Waals surface area (Å²) in [6.07, 6.45) is 10.6. The van der Waals surface area contributed by atoms with E-state index in [2.05, 4.69) is 34.5 Å². The van der Waals surface area contributed by atoms with Crippen molar-refractivity contribution in [3.05, 3.63) is 29.8 Å². The summed E-state index contributed by atoms with van der Waals surface area (Å²) in [5.74, 6) is 3.47. The Balaban J connectivity index is 0.928. The van der Waals surface area contributed by atoms with Crippen LogP contribution in [0.5, 0.6) is 5.75 Å². The van der Waals surface area contributed by atoms with Crippen molar-refractivity contribution in [3.8, 4) is 5.75 Å². The molecule has 5 saturated carbocycles. The average Bonchev–Trinajstić information content (AvgIpc) is 3.24. The number of hydrogen-bond donors (Lipinski definition) is 1. The summed E-state index contributed by atoms with van der Waals surface area (Å²) in [5.41, 5.74) is 1.41. The molecule has 2 spiro atoms. The van der Waals surface area contributed by atoms with Crippen molar-refractivity contribution in [2.45, 2.75) is 75.3 Å². The molecule has 0 radical (unpaired) electrons. The van der Waals surface area contributed by atoms with Gasteiger partial charge in [-0.2, -0.15) is 9.78 Å². The van der Waals surface area contributed by atoms with E-state index in [-0.39, 0.29) is 0 Å². The van der Waals surface area contributed by atoms with E-state index in [0.717, 1.165) is 82.6 Å². The maximum absolute atomic E-state index is 6.88. The molecule has 7 fully saturated rings. The van der Waals surface area contributed by atoms with Gasteiger partial charge in [0, 0.05) is 57.4 Å². The average molecular weight is 469 g/mol. The van der Waals surface area contributed by atoms with Gasteiger partial charge >= 0.3 is 0 Å². The molecule has 2 heterocycles. The lowest BCUT2D eigenvalue weighted by atomic mass is 9.53. The predicted molar refractivity (Wildman–Crippen MR) is 128 cm³/mol. The fraction of sp³-hybridized carbons (Fsp3) is 0.786. The first-order valence-corrected chi connectivity index (χ1v) is 13.9. The number of rotatable bonds is 5. The van der Waals surface area contributed by atoms with Gasteiger partial charge < -0.3 is 14.8 Å². The zero-order valence-corrected chi connectivity index (χ0v) is 20.4. The van der Waals surface area contributed by atoms with Crippen LogP contribution in [0.15, 0.2) is 24.3 Å². The highest BCUT2D eigenvalue weighted by molar-refractivity contribution is 5.30. The zero-order valence-electron chi connectivity index (χ0n) is 20.4. The molecule has 8 rings (SSSR count). The van der Waals surface area contributed by atoms with Crippen LogP contribution in [-0.2, 0) is 14.5 Å². The number of benzene rings is 1. The third-order valence-electron chi connectivity index (χ3n) is 9.93. The molecule has 5 aliphatic carbocycles. The first-order chi connectivity index (χ1) is 16.7. The molecule has 1 aromatic rings. The summed E-state index contributed by atoms with van der Waals surface area (Å²) < 4.78 is 12.9. The summed E-state index contributed by atoms with van der Waals surface area (Å²) in [6, 6.07) is 8.81. The second-order valence-corrected chi connectivity index (χ2v) is 12.0. The predicted octanol–water partition coefficient (Wildman–Crippen LogP) is 4.46. The third kappa shape index (κ3) is 3.90. The van der Waals surface area contributed by atoms with Gasteiger partial charge in [-0.3, -0.25) is 4.90 Å². The second kappa shape index (κ2) is 8.74. The lowest BCUT2D eigenvalue weighted by molar-refractivity contribution is -0.390. The maximum atomic E-state index is 6.88. The van der Waals surface area contributed by atoms with Gasteiger partial charge in [-0.15, -0.1) is 0 Å². The molecular weight excluding hydrogens is 428 g/mol. The Bertz CT molecular complexity index is 832. The van der Waals surface area contributed by atoms with E-state index in [9.17, 15) is 0 Å². The van der Waals surface area contributed by atoms with E-state index < -0.39 is 11.6 Å². The fourth-order valence-corrected chi connectivity index (χ4v) is 8.25. The summed E-state index contributed by atoms with van der Waals surface area (Å²) in [6.45, 7) is 6.16. The number of ether oxygens (including phenoxy) is 2. The molecule has 0 amide bonds. The summed E-state index contributed by atoms with van der Waals surface area (Å²) >= 11 is 0. The molecule has 2 aliphatic heterocycles. The molecule has 1 aromatic carbocycles. The van der Waals surface area contributed by atoms with Gasteiger partial charge in [0.1, 0.15) is 12.4 Å². The Morgan fingerprint density at radius 1 is 0.882 bits per heavy atom. The van der Waals surface area contributed by atoms with Crippen LogP contribution in [-0.4, -0.2) is 55.8 Å². The van der Waals surface area contributed by atoms with Crippen molar-refractivity contribution in [2.75, 3.05) is 39.3 Å². The van der Waals surface area contributed by atoms with Gasteiger partial charge in [0.05, 0.1) is 0 Å². The normalized spacial score (nSPS) is 43.7. The van der Waals surface area contributed by atoms with Crippen molar-refractivity contribution in [1.29, 1.82) is 0 Å². The molecule has 7 aliphatic rings. The summed E-state index contributed by atoms with van der Waals surface area (Å²) in [7, 11) is 0. The number of nitrogens with zero attached hydrogens (tertiary/aromatic N) is 1. The van der Waals surface area contributed by atoms with Crippen molar-refractivity contribution in [2.24, 2.45) is 23.7 Å². The van der Waals surface area contributed by atoms with E-state index in [1.807, 2.05) is 0 Å². The molecule has 34 heavy (non-hydrogen) atoms. The maximum Gasteiger partial charge on any atom is 0.210 e. The van der Waals surface area contributed by atoms with Crippen LogP contribution in [0.25, 0.3) is 0 Å². The lowest BCUT2D eigenvalue weighted by Crippen LogP contribution is -2.59. The summed E-state index contributed by atoms with van der Waals surface area (Å²) in [5, 5.41) is 3.40. The Morgan fingerprint density at radius 3 is 2.24 bits per heavy atom. The molecule has 0 aromatic heterocycles. The monoisotopic (exact) mass is 468 g/mol. The largest absolute Gasteiger partial charge is 0.492 e. The Morgan fingerprint density at radius 2 is 1.56 bits per heavy atom. The molecular formula is C28H40N2O4. The topological polar surface area (TPSA) is 52.2 Å². The first-order valence-electron chi connectivity index (χ1n) is 13.9. The molecule has 6 heteroatoms. The van der Waals surface area contributed by atoms with Crippen LogP contribution in [0, 0.1) is 23.7 Å². The highest BCUT2D eigenvalue weighted by Crippen LogP contribution is 2.64. The number of piperazine rings is 1. The number of nitrogens with one attached hydrogen (secondary N) is 1. The van der Waals surface area contributed by atoms with Gasteiger partial charge in [-0.1, -0.05) is 12.1 Å². The van der Waals surface area contributed by atoms with Crippen LogP contribution in [0.3, 0.4) is 0 Å². The molecule has 6 nitrogen and oxygen atoms in total. The molecule has 1 N–H and O–H groups in total. The highest BCUT2D eigenvalue weighted by atomic mass is 17.3. The fourth-order valence-electron chi connectivity index (χ4n) is 8.25. The minimum atomic E-state index is -0.515. The van der Waals surface area contributed by atoms with Gasteiger partial charge in [-0.05, 0) is 80.4 Å². The molecule has 0 atom stereocenters. The van der Waals surface area contributed by atoms with E-state index in [1.54, 1.807) is 0 Å². The van der Waals surface area contributed by atoms with Crippen molar-refractivity contribution in [1.82, 2.24) is 10.2 Å². The molecule has 2 saturated heterocycles. The van der Waals surface area contributed by atoms with Gasteiger partial charge in [-0.25, -0.2) is 0 Å². The smallest absolute Gasteiger partial charge is 0.210 e. The Hall–Kier alpha value is -1.18. The molecule has 4 bridgehead atoms. The molecule has 186 valence electrons. The first kappa shape index (κ1) is 22.1. The Labute approximate surface area is 203 Å². The van der Waals surface area contributed by atoms with Gasteiger partial charge in [0.2, 0.25) is 11.6 Å². The third-order valence-corrected chi connectivity index (χ3v) is 9.93. The highest BCUT2D eigenvalue weighted by Gasteiger charge is 2.66. The van der Waals surface area contributed by atoms with Gasteiger partial charge in [0.15, 0.2) is 0 Å². The second-order valence-electron chi connectivity index (χ2n) is 12.0. The van der Waals surface area contributed by atoms with Crippen molar-refractivity contribution >= 4 is 0 Å². The van der Waals surface area contributed by atoms with E-state index in [1.165, 1.54) is 37.7 Å². The quantitative estimate of drug-likeness (QED) is 0.644. The van der Waals surface area contributed by atoms with E-state index in [4.69, 9.17) is 19.2 Å². The SMILES string of the molecule is c1cc([C@H]2CC[C@]3(CC2)OO[C@]2(O3)C3CC4CC(C3)CC2C4)ccc1OCCN1CCNCC1. The number of hydrogen-bond acceptors (Lipinski definition) is 6. The summed E-state index contributed by atoms with van der Waals surface area (Å²) in [4.78, 5) is 14.8. The molecule has 0 unspecified atom stereocenters. The van der Waals surface area contributed by atoms with Gasteiger partial charge in [0.25, 0.3) is 0 Å². The minimum absolute atomic E-state index is 0.441. The van der Waals surface area contributed by atoms with Crippen LogP contribution < -0.4 is 10.1 Å². The standard InChI is InChI=1S/C28H40N2O4/c1-3-26(31-14-13-30-11-9-29-10-12-30)4-2-22(1)23-5-7-27(8-6-23)32-28(34-33-27)24-16-20-15-21(18-24)19-25(28)17-20/h1-4,20-21,23-25,29H,5-19H2/t20?,21?,23-,24?,25?,27+,28-. The van der Waals surface area contributed by atoms with E-state index in [0.29, 0.717) is 17.8 Å². The van der Waals surface area contributed by atoms with Crippen molar-refractivity contribution < 1.29 is 19.2 Å². The Kier molecular flexibility index (Phi) is 5.67. The van der Waals surface area contributed by atoms with Crippen LogP contribution >= 0.6 is 0 Å². The van der Waals surface area contributed by atoms with Crippen LogP contribution in [0.4, 0.5) is 0 Å². The lowest BCUT2D eigenvalue weighted by Gasteiger charge is -2.57. The van der Waals surface area contributed by atoms with Crippen LogP contribution in [0.1, 0.15) is 69.3 Å². The van der Waals surface area contributed by atoms with Crippen LogP contribution in [0.2, 0.25) is 0 Å². The minimum Gasteiger partial charge on any atom is -0.492 e.